The Kier molecular flexibility index (Phi) is 4.10. The van der Waals surface area contributed by atoms with Crippen molar-refractivity contribution in [2.24, 2.45) is 5.73 Å². The number of hydrogen-bond donors (Lipinski definition) is 2. The zero-order valence-electron chi connectivity index (χ0n) is 11.0. The van der Waals surface area contributed by atoms with Gasteiger partial charge in [0.25, 0.3) is 11.8 Å². The highest BCUT2D eigenvalue weighted by atomic mass is 32.2. The molecule has 110 valence electrons. The summed E-state index contributed by atoms with van der Waals surface area (Å²) in [4.78, 5) is 23.4. The predicted molar refractivity (Wildman–Crippen MR) is 80.3 cm³/mol. The summed E-state index contributed by atoms with van der Waals surface area (Å²) in [6, 6.07) is 7.35. The van der Waals surface area contributed by atoms with Crippen LogP contribution in [0.15, 0.2) is 40.6 Å². The monoisotopic (exact) mass is 324 g/mol. The Labute approximate surface area is 125 Å². The lowest BCUT2D eigenvalue weighted by Gasteiger charge is -2.08. The van der Waals surface area contributed by atoms with Gasteiger partial charge >= 0.3 is 0 Å². The van der Waals surface area contributed by atoms with Gasteiger partial charge in [-0.25, -0.2) is 8.42 Å². The van der Waals surface area contributed by atoms with Gasteiger partial charge in [-0.1, -0.05) is 12.1 Å². The molecule has 21 heavy (non-hydrogen) atoms. The van der Waals surface area contributed by atoms with Crippen LogP contribution < -0.4 is 11.1 Å². The third-order valence-corrected chi connectivity index (χ3v) is 4.67. The molecule has 8 heteroatoms. The molecule has 0 unspecified atom stereocenters. The Morgan fingerprint density at radius 3 is 2.43 bits per heavy atom. The molecule has 2 rings (SSSR count). The number of amides is 2. The Morgan fingerprint density at radius 1 is 1.14 bits per heavy atom. The number of benzene rings is 1. The van der Waals surface area contributed by atoms with Crippen molar-refractivity contribution in [2.75, 3.05) is 11.6 Å². The molecule has 0 radical (unpaired) electrons. The van der Waals surface area contributed by atoms with Gasteiger partial charge in [-0.3, -0.25) is 9.59 Å². The van der Waals surface area contributed by atoms with E-state index in [2.05, 4.69) is 5.32 Å². The Hall–Kier alpha value is -2.19. The largest absolute Gasteiger partial charge is 0.366 e. The van der Waals surface area contributed by atoms with Gasteiger partial charge in [-0.2, -0.15) is 0 Å². The zero-order chi connectivity index (χ0) is 15.6. The number of thiophene rings is 1. The molecule has 0 saturated carbocycles. The Morgan fingerprint density at radius 2 is 1.81 bits per heavy atom. The number of primary amides is 1. The number of nitrogens with one attached hydrogen (secondary N) is 1. The second-order valence-electron chi connectivity index (χ2n) is 4.25. The molecule has 6 nitrogen and oxygen atoms in total. The van der Waals surface area contributed by atoms with Crippen LogP contribution in [0, 0.1) is 0 Å². The lowest BCUT2D eigenvalue weighted by molar-refractivity contribution is 0.100. The minimum absolute atomic E-state index is 0.0174. The van der Waals surface area contributed by atoms with E-state index in [1.165, 1.54) is 24.3 Å². The number of hydrogen-bond acceptors (Lipinski definition) is 5. The number of carbonyl (C=O) groups is 2. The van der Waals surface area contributed by atoms with E-state index in [1.807, 2.05) is 0 Å². The average molecular weight is 324 g/mol. The van der Waals surface area contributed by atoms with Gasteiger partial charge in [-0.05, 0) is 23.6 Å². The molecule has 1 heterocycles. The number of nitrogens with two attached hydrogens (primary N) is 1. The highest BCUT2D eigenvalue weighted by Gasteiger charge is 2.20. The molecule has 0 aliphatic carbocycles. The van der Waals surface area contributed by atoms with E-state index < -0.39 is 21.7 Å². The Bertz CT molecular complexity index is 809. The van der Waals surface area contributed by atoms with Gasteiger partial charge in [0.15, 0.2) is 9.84 Å². The fourth-order valence-corrected chi connectivity index (χ4v) is 3.42. The van der Waals surface area contributed by atoms with Crippen LogP contribution in [0.4, 0.5) is 5.00 Å². The first kappa shape index (κ1) is 15.2. The fraction of sp³-hybridized carbons (Fsp3) is 0.0769. The highest BCUT2D eigenvalue weighted by molar-refractivity contribution is 7.90. The molecule has 0 aliphatic heterocycles. The van der Waals surface area contributed by atoms with Crippen molar-refractivity contribution >= 4 is 38.0 Å². The van der Waals surface area contributed by atoms with Gasteiger partial charge in [0.05, 0.1) is 16.0 Å². The number of carbonyl (C=O) groups excluding carboxylic acids is 2. The number of sulfone groups is 1. The minimum Gasteiger partial charge on any atom is -0.366 e. The maximum Gasteiger partial charge on any atom is 0.257 e. The molecule has 0 fully saturated rings. The third-order valence-electron chi connectivity index (χ3n) is 2.69. The summed E-state index contributed by atoms with van der Waals surface area (Å²) in [7, 11) is -3.53. The van der Waals surface area contributed by atoms with Gasteiger partial charge < -0.3 is 11.1 Å². The molecule has 1 aromatic carbocycles. The zero-order valence-corrected chi connectivity index (χ0v) is 12.6. The molecule has 3 N–H and O–H groups in total. The van der Waals surface area contributed by atoms with Gasteiger partial charge in [0.1, 0.15) is 5.00 Å². The van der Waals surface area contributed by atoms with Crippen LogP contribution in [0.2, 0.25) is 0 Å². The molecule has 0 atom stereocenters. The van der Waals surface area contributed by atoms with Crippen molar-refractivity contribution in [3.05, 3.63) is 46.8 Å². The van der Waals surface area contributed by atoms with E-state index in [9.17, 15) is 18.0 Å². The first-order valence-electron chi connectivity index (χ1n) is 5.78. The summed E-state index contributed by atoms with van der Waals surface area (Å²) in [6.45, 7) is 0. The topological polar surface area (TPSA) is 106 Å². The lowest BCUT2D eigenvalue weighted by atomic mass is 10.2. The predicted octanol–water partition coefficient (Wildman–Crippen LogP) is 1.50. The maximum absolute atomic E-state index is 12.2. The molecular weight excluding hydrogens is 312 g/mol. The maximum atomic E-state index is 12.2. The number of anilines is 1. The van der Waals surface area contributed by atoms with Crippen LogP contribution in [-0.4, -0.2) is 26.5 Å². The van der Waals surface area contributed by atoms with Gasteiger partial charge in [-0.15, -0.1) is 11.3 Å². The quantitative estimate of drug-likeness (QED) is 0.888. The normalized spacial score (nSPS) is 11.1. The highest BCUT2D eigenvalue weighted by Crippen LogP contribution is 2.24. The van der Waals surface area contributed by atoms with Crippen LogP contribution in [0.25, 0.3) is 0 Å². The van der Waals surface area contributed by atoms with E-state index in [-0.39, 0.29) is 21.0 Å². The van der Waals surface area contributed by atoms with Crippen LogP contribution in [0.1, 0.15) is 20.7 Å². The summed E-state index contributed by atoms with van der Waals surface area (Å²) in [5.41, 5.74) is 5.40. The van der Waals surface area contributed by atoms with E-state index >= 15 is 0 Å². The summed E-state index contributed by atoms with van der Waals surface area (Å²) in [5, 5.41) is 4.41. The molecule has 0 spiro atoms. The molecule has 2 aromatic rings. The van der Waals surface area contributed by atoms with Crippen molar-refractivity contribution in [1.29, 1.82) is 0 Å². The summed E-state index contributed by atoms with van der Waals surface area (Å²) in [5.74, 6) is -1.27. The summed E-state index contributed by atoms with van der Waals surface area (Å²) < 4.78 is 23.4. The first-order valence-corrected chi connectivity index (χ1v) is 8.55. The Balaban J connectivity index is 2.38. The molecule has 0 saturated heterocycles. The van der Waals surface area contributed by atoms with Crippen LogP contribution in [0.3, 0.4) is 0 Å². The van der Waals surface area contributed by atoms with Crippen LogP contribution >= 0.6 is 11.3 Å². The average Bonchev–Trinajstić information content (AvgIpc) is 2.86. The SMILES string of the molecule is CS(=O)(=O)c1ccccc1C(=O)Nc1sccc1C(N)=O. The van der Waals surface area contributed by atoms with E-state index in [0.717, 1.165) is 17.6 Å². The van der Waals surface area contributed by atoms with E-state index in [1.54, 1.807) is 11.4 Å². The molecule has 1 aromatic heterocycles. The lowest BCUT2D eigenvalue weighted by Crippen LogP contribution is -2.18. The van der Waals surface area contributed by atoms with Crippen LogP contribution in [0.5, 0.6) is 0 Å². The fourth-order valence-electron chi connectivity index (χ4n) is 1.75. The molecule has 0 bridgehead atoms. The van der Waals surface area contributed by atoms with Crippen molar-refractivity contribution in [3.63, 3.8) is 0 Å². The van der Waals surface area contributed by atoms with Gasteiger partial charge in [0, 0.05) is 6.26 Å². The van der Waals surface area contributed by atoms with Crippen molar-refractivity contribution in [1.82, 2.24) is 0 Å². The smallest absolute Gasteiger partial charge is 0.257 e. The van der Waals surface area contributed by atoms with Crippen LogP contribution in [-0.2, 0) is 9.84 Å². The summed E-state index contributed by atoms with van der Waals surface area (Å²) in [6.07, 6.45) is 1.03. The second-order valence-corrected chi connectivity index (χ2v) is 7.15. The van der Waals surface area contributed by atoms with Crippen molar-refractivity contribution in [3.8, 4) is 0 Å². The van der Waals surface area contributed by atoms with E-state index in [4.69, 9.17) is 5.73 Å². The van der Waals surface area contributed by atoms with Gasteiger partial charge in [0.2, 0.25) is 0 Å². The summed E-state index contributed by atoms with van der Waals surface area (Å²) >= 11 is 1.13. The standard InChI is InChI=1S/C13H12N2O4S2/c1-21(18,19)10-5-3-2-4-8(10)12(17)15-13-9(11(14)16)6-7-20-13/h2-7H,1H3,(H2,14,16)(H,15,17). The third kappa shape index (κ3) is 3.29. The molecular formula is C13H12N2O4S2. The van der Waals surface area contributed by atoms with Crippen molar-refractivity contribution < 1.29 is 18.0 Å². The first-order chi connectivity index (χ1) is 9.80. The molecule has 2 amide bonds. The van der Waals surface area contributed by atoms with Crippen molar-refractivity contribution in [2.45, 2.75) is 4.90 Å². The second kappa shape index (κ2) is 5.66. The van der Waals surface area contributed by atoms with E-state index in [0.29, 0.717) is 0 Å². The molecule has 0 aliphatic rings. The number of rotatable bonds is 4. The minimum atomic E-state index is -3.53.